The molecule has 0 radical (unpaired) electrons. The summed E-state index contributed by atoms with van der Waals surface area (Å²) < 4.78 is 5.55. The zero-order valence-corrected chi connectivity index (χ0v) is 21.5. The summed E-state index contributed by atoms with van der Waals surface area (Å²) in [5.41, 5.74) is 16.3. The molecule has 182 valence electrons. The van der Waals surface area contributed by atoms with Gasteiger partial charge in [0.15, 0.2) is 0 Å². The molecule has 5 N–H and O–H groups in total. The molecule has 2 saturated heterocycles. The van der Waals surface area contributed by atoms with Crippen molar-refractivity contribution >= 4 is 47.0 Å². The molecule has 0 aliphatic carbocycles. The summed E-state index contributed by atoms with van der Waals surface area (Å²) in [5.74, 6) is 1.89. The largest absolute Gasteiger partial charge is 0.398 e. The molecule has 0 spiro atoms. The summed E-state index contributed by atoms with van der Waals surface area (Å²) in [6.07, 6.45) is 8.23. The van der Waals surface area contributed by atoms with Gasteiger partial charge in [-0.1, -0.05) is 30.1 Å². The molecule has 2 aromatic rings. The average molecular weight is 499 g/mol. The molecule has 34 heavy (non-hydrogen) atoms. The maximum atomic E-state index is 6.32. The number of anilines is 3. The Labute approximate surface area is 211 Å². The fraction of sp³-hybridized carbons (Fsp3) is 0.417. The number of aryl methyl sites for hydroxylation is 1. The Kier molecular flexibility index (Phi) is 8.47. The van der Waals surface area contributed by atoms with Gasteiger partial charge in [-0.2, -0.15) is 4.98 Å². The number of para-hydroxylation sites is 1. The van der Waals surface area contributed by atoms with E-state index in [2.05, 4.69) is 31.8 Å². The number of hydrogen-bond acceptors (Lipinski definition) is 10. The number of nitrogens with zero attached hydrogens (tertiary/aromatic N) is 5. The third kappa shape index (κ3) is 6.31. The molecule has 0 unspecified atom stereocenters. The van der Waals surface area contributed by atoms with Gasteiger partial charge in [0.2, 0.25) is 5.95 Å². The van der Waals surface area contributed by atoms with E-state index >= 15 is 0 Å². The van der Waals surface area contributed by atoms with Crippen molar-refractivity contribution in [3.63, 3.8) is 0 Å². The standard InChI is InChI=1S/C24H34N8S2/c1-18-17-23(30-11-5-6-12-30)28-24(27-18)31-13-15-32(16-14-31)34-22(26)10-9-20(25)19-7-3-4-8-21(19)29-33-2/h3-4,7-10,17,29H,5-6,11-16,25-26H2,1-2H3/b20-9-,22-10+. The van der Waals surface area contributed by atoms with Crippen LogP contribution >= 0.6 is 23.9 Å². The first kappa shape index (κ1) is 24.6. The van der Waals surface area contributed by atoms with Crippen LogP contribution in [-0.4, -0.2) is 59.8 Å². The lowest BCUT2D eigenvalue weighted by molar-refractivity contribution is 0.427. The van der Waals surface area contributed by atoms with Crippen LogP contribution in [0.1, 0.15) is 24.1 Å². The van der Waals surface area contributed by atoms with E-state index in [4.69, 9.17) is 21.4 Å². The summed E-state index contributed by atoms with van der Waals surface area (Å²) >= 11 is 3.11. The van der Waals surface area contributed by atoms with Gasteiger partial charge >= 0.3 is 0 Å². The zero-order chi connectivity index (χ0) is 23.9. The molecule has 3 heterocycles. The van der Waals surface area contributed by atoms with Gasteiger partial charge in [0, 0.05) is 68.5 Å². The number of nitrogens with one attached hydrogen (secondary N) is 1. The molecule has 2 aliphatic rings. The quantitative estimate of drug-likeness (QED) is 0.369. The van der Waals surface area contributed by atoms with Gasteiger partial charge in [-0.25, -0.2) is 9.29 Å². The minimum atomic E-state index is 0.677. The summed E-state index contributed by atoms with van der Waals surface area (Å²) in [6, 6.07) is 10.1. The highest BCUT2D eigenvalue weighted by molar-refractivity contribution is 8.00. The molecule has 1 aromatic carbocycles. The molecular formula is C24H34N8S2. The van der Waals surface area contributed by atoms with Crippen molar-refractivity contribution in [3.8, 4) is 0 Å². The maximum Gasteiger partial charge on any atom is 0.227 e. The van der Waals surface area contributed by atoms with E-state index in [9.17, 15) is 0 Å². The molecule has 0 saturated carbocycles. The van der Waals surface area contributed by atoms with Crippen molar-refractivity contribution in [3.05, 3.63) is 58.8 Å². The number of benzene rings is 1. The van der Waals surface area contributed by atoms with Gasteiger partial charge < -0.3 is 26.0 Å². The number of nitrogens with two attached hydrogens (primary N) is 2. The Hall–Kier alpha value is -2.56. The highest BCUT2D eigenvalue weighted by Crippen LogP contribution is 2.26. The van der Waals surface area contributed by atoms with Gasteiger partial charge in [-0.05, 0) is 49.9 Å². The predicted octanol–water partition coefficient (Wildman–Crippen LogP) is 3.65. The molecule has 0 bridgehead atoms. The second-order valence-corrected chi connectivity index (χ2v) is 10.2. The van der Waals surface area contributed by atoms with E-state index in [0.29, 0.717) is 5.70 Å². The lowest BCUT2D eigenvalue weighted by Gasteiger charge is -2.34. The number of piperazine rings is 1. The Morgan fingerprint density at radius 3 is 2.44 bits per heavy atom. The summed E-state index contributed by atoms with van der Waals surface area (Å²) in [6.45, 7) is 7.74. The minimum absolute atomic E-state index is 0.677. The van der Waals surface area contributed by atoms with Gasteiger partial charge in [-0.15, -0.1) is 0 Å². The van der Waals surface area contributed by atoms with E-state index in [-0.39, 0.29) is 0 Å². The first-order valence-corrected chi connectivity index (χ1v) is 13.6. The van der Waals surface area contributed by atoms with Gasteiger partial charge in [-0.3, -0.25) is 0 Å². The zero-order valence-electron chi connectivity index (χ0n) is 19.9. The summed E-state index contributed by atoms with van der Waals surface area (Å²) in [5, 5.41) is 0.717. The lowest BCUT2D eigenvalue weighted by Crippen LogP contribution is -2.44. The van der Waals surface area contributed by atoms with Crippen molar-refractivity contribution in [2.24, 2.45) is 11.5 Å². The average Bonchev–Trinajstić information content (AvgIpc) is 3.38. The van der Waals surface area contributed by atoms with Crippen molar-refractivity contribution in [2.45, 2.75) is 19.8 Å². The second-order valence-electron chi connectivity index (χ2n) is 8.41. The smallest absolute Gasteiger partial charge is 0.227 e. The molecular weight excluding hydrogens is 464 g/mol. The lowest BCUT2D eigenvalue weighted by atomic mass is 10.1. The van der Waals surface area contributed by atoms with Crippen molar-refractivity contribution in [1.29, 1.82) is 0 Å². The van der Waals surface area contributed by atoms with Gasteiger partial charge in [0.25, 0.3) is 0 Å². The Morgan fingerprint density at radius 2 is 1.71 bits per heavy atom. The molecule has 4 rings (SSSR count). The SMILES string of the molecule is CSNc1ccccc1/C(N)=C/C=C(\N)SN1CCN(c2nc(C)cc(N3CCCC3)n2)CC1. The summed E-state index contributed by atoms with van der Waals surface area (Å²) in [7, 11) is 0. The van der Waals surface area contributed by atoms with Crippen molar-refractivity contribution in [1.82, 2.24) is 14.3 Å². The van der Waals surface area contributed by atoms with E-state index in [1.165, 1.54) is 12.8 Å². The van der Waals surface area contributed by atoms with Crippen LogP contribution in [0.4, 0.5) is 17.5 Å². The Morgan fingerprint density at radius 1 is 0.971 bits per heavy atom. The van der Waals surface area contributed by atoms with Crippen LogP contribution in [0.2, 0.25) is 0 Å². The van der Waals surface area contributed by atoms with E-state index in [1.54, 1.807) is 23.9 Å². The molecule has 8 nitrogen and oxygen atoms in total. The Bertz CT molecular complexity index is 1030. The van der Waals surface area contributed by atoms with Crippen LogP contribution in [0.15, 0.2) is 47.5 Å². The maximum absolute atomic E-state index is 6.32. The van der Waals surface area contributed by atoms with E-state index in [1.807, 2.05) is 42.7 Å². The monoisotopic (exact) mass is 498 g/mol. The van der Waals surface area contributed by atoms with Crippen LogP contribution in [0, 0.1) is 6.92 Å². The normalized spacial score (nSPS) is 17.9. The third-order valence-electron chi connectivity index (χ3n) is 5.89. The molecule has 10 heteroatoms. The minimum Gasteiger partial charge on any atom is -0.398 e. The molecule has 2 fully saturated rings. The highest BCUT2D eigenvalue weighted by Gasteiger charge is 2.22. The first-order chi connectivity index (χ1) is 16.5. The third-order valence-corrected chi connectivity index (χ3v) is 7.29. The predicted molar refractivity (Wildman–Crippen MR) is 148 cm³/mol. The van der Waals surface area contributed by atoms with Crippen LogP contribution < -0.4 is 26.0 Å². The second kappa shape index (κ2) is 11.7. The van der Waals surface area contributed by atoms with Crippen molar-refractivity contribution in [2.75, 3.05) is 60.0 Å². The molecule has 0 atom stereocenters. The Balaban J connectivity index is 1.33. The molecule has 0 amide bonds. The van der Waals surface area contributed by atoms with Gasteiger partial charge in [0.05, 0.1) is 10.7 Å². The number of allylic oxidation sites excluding steroid dienone is 2. The van der Waals surface area contributed by atoms with E-state index in [0.717, 1.165) is 73.0 Å². The van der Waals surface area contributed by atoms with Crippen LogP contribution in [0.5, 0.6) is 0 Å². The first-order valence-electron chi connectivity index (χ1n) is 11.6. The topological polar surface area (TPSA) is 99.6 Å². The number of rotatable bonds is 8. The van der Waals surface area contributed by atoms with Crippen LogP contribution in [0.25, 0.3) is 5.70 Å². The fourth-order valence-corrected chi connectivity index (χ4v) is 5.31. The van der Waals surface area contributed by atoms with Crippen LogP contribution in [0.3, 0.4) is 0 Å². The van der Waals surface area contributed by atoms with E-state index < -0.39 is 0 Å². The fourth-order valence-electron chi connectivity index (χ4n) is 4.14. The van der Waals surface area contributed by atoms with Crippen LogP contribution in [-0.2, 0) is 0 Å². The molecule has 2 aliphatic heterocycles. The van der Waals surface area contributed by atoms with Crippen molar-refractivity contribution < 1.29 is 0 Å². The molecule has 1 aromatic heterocycles. The summed E-state index contributed by atoms with van der Waals surface area (Å²) in [4.78, 5) is 14.2. The number of aromatic nitrogens is 2. The van der Waals surface area contributed by atoms with Gasteiger partial charge in [0.1, 0.15) is 5.82 Å². The number of hydrogen-bond donors (Lipinski definition) is 3. The highest BCUT2D eigenvalue weighted by atomic mass is 32.2.